The van der Waals surface area contributed by atoms with Gasteiger partial charge in [-0.25, -0.2) is 4.79 Å². The second kappa shape index (κ2) is 7.66. The van der Waals surface area contributed by atoms with E-state index in [0.29, 0.717) is 12.6 Å². The highest BCUT2D eigenvalue weighted by molar-refractivity contribution is 5.75. The second-order valence-electron chi connectivity index (χ2n) is 6.59. The van der Waals surface area contributed by atoms with Gasteiger partial charge in [0.05, 0.1) is 0 Å². The van der Waals surface area contributed by atoms with E-state index in [1.54, 1.807) is 0 Å². The van der Waals surface area contributed by atoms with Crippen molar-refractivity contribution in [3.8, 4) is 0 Å². The summed E-state index contributed by atoms with van der Waals surface area (Å²) in [5, 5.41) is 8.92. The third-order valence-electron chi connectivity index (χ3n) is 4.93. The topological polar surface area (TPSA) is 60.9 Å². The Hall–Kier alpha value is -1.26. The van der Waals surface area contributed by atoms with Crippen LogP contribution in [0.4, 0.5) is 4.79 Å². The number of carbonyl (C=O) groups is 2. The number of carboxylic acids is 1. The minimum atomic E-state index is -0.758. The fourth-order valence-electron chi connectivity index (χ4n) is 3.68. The molecule has 1 heterocycles. The van der Waals surface area contributed by atoms with Crippen molar-refractivity contribution >= 4 is 12.0 Å². The van der Waals surface area contributed by atoms with Crippen LogP contribution in [0, 0.1) is 5.92 Å². The molecule has 1 aliphatic carbocycles. The zero-order valence-electron chi connectivity index (χ0n) is 13.1. The van der Waals surface area contributed by atoms with Crippen molar-refractivity contribution < 1.29 is 14.7 Å². The first-order valence-corrected chi connectivity index (χ1v) is 8.31. The van der Waals surface area contributed by atoms with Crippen molar-refractivity contribution in [2.75, 3.05) is 20.1 Å². The molecule has 21 heavy (non-hydrogen) atoms. The molecule has 1 atom stereocenters. The molecular formula is C16H28N2O3. The van der Waals surface area contributed by atoms with Crippen LogP contribution in [0.1, 0.15) is 57.8 Å². The highest BCUT2D eigenvalue weighted by Gasteiger charge is 2.29. The summed E-state index contributed by atoms with van der Waals surface area (Å²) < 4.78 is 0. The molecule has 0 spiro atoms. The Morgan fingerprint density at radius 2 is 1.76 bits per heavy atom. The van der Waals surface area contributed by atoms with Gasteiger partial charge in [-0.15, -0.1) is 0 Å². The summed E-state index contributed by atoms with van der Waals surface area (Å²) >= 11 is 0. The first kappa shape index (κ1) is 16.1. The van der Waals surface area contributed by atoms with E-state index in [4.69, 9.17) is 5.11 Å². The molecule has 1 unspecified atom stereocenters. The van der Waals surface area contributed by atoms with Gasteiger partial charge in [-0.1, -0.05) is 25.7 Å². The number of aliphatic carboxylic acids is 1. The van der Waals surface area contributed by atoms with Crippen LogP contribution >= 0.6 is 0 Å². The molecule has 5 heteroatoms. The lowest BCUT2D eigenvalue weighted by Crippen LogP contribution is -2.49. The minimum absolute atomic E-state index is 0.0944. The second-order valence-corrected chi connectivity index (χ2v) is 6.59. The van der Waals surface area contributed by atoms with Gasteiger partial charge in [0.1, 0.15) is 0 Å². The van der Waals surface area contributed by atoms with Crippen LogP contribution in [0.5, 0.6) is 0 Å². The molecule has 0 bridgehead atoms. The van der Waals surface area contributed by atoms with Crippen LogP contribution < -0.4 is 0 Å². The lowest BCUT2D eigenvalue weighted by atomic mass is 9.95. The number of likely N-dealkylation sites (tertiary alicyclic amines) is 1. The van der Waals surface area contributed by atoms with Crippen molar-refractivity contribution in [1.82, 2.24) is 9.80 Å². The Kier molecular flexibility index (Phi) is 5.88. The number of urea groups is 1. The molecule has 1 aliphatic heterocycles. The van der Waals surface area contributed by atoms with E-state index in [9.17, 15) is 9.59 Å². The Bertz CT molecular complexity index is 365. The van der Waals surface area contributed by atoms with E-state index in [-0.39, 0.29) is 18.4 Å². The smallest absolute Gasteiger partial charge is 0.319 e. The van der Waals surface area contributed by atoms with Gasteiger partial charge in [0.2, 0.25) is 0 Å². The summed E-state index contributed by atoms with van der Waals surface area (Å²) in [6.45, 7) is 1.37. The van der Waals surface area contributed by atoms with Gasteiger partial charge >= 0.3 is 12.0 Å². The van der Waals surface area contributed by atoms with E-state index in [0.717, 1.165) is 32.2 Å². The molecular weight excluding hydrogens is 268 g/mol. The predicted octanol–water partition coefficient (Wildman–Crippen LogP) is 2.95. The third-order valence-corrected chi connectivity index (χ3v) is 4.93. The van der Waals surface area contributed by atoms with Gasteiger partial charge in [0.15, 0.2) is 0 Å². The number of rotatable bonds is 3. The zero-order valence-corrected chi connectivity index (χ0v) is 13.1. The number of hydrogen-bond donors (Lipinski definition) is 1. The van der Waals surface area contributed by atoms with Crippen molar-refractivity contribution in [3.05, 3.63) is 0 Å². The summed E-state index contributed by atoms with van der Waals surface area (Å²) in [5.74, 6) is -0.644. The normalized spacial score (nSPS) is 24.4. The standard InChI is InChI=1S/C16H28N2O3/c1-17(14-8-4-2-3-5-9-14)16(21)18-10-6-7-13(12-18)11-15(19)20/h13-14H,2-12H2,1H3,(H,19,20). The summed E-state index contributed by atoms with van der Waals surface area (Å²) in [7, 11) is 1.92. The Morgan fingerprint density at radius 1 is 1.10 bits per heavy atom. The average Bonchev–Trinajstić information content (AvgIpc) is 2.74. The van der Waals surface area contributed by atoms with Crippen molar-refractivity contribution in [1.29, 1.82) is 0 Å². The van der Waals surface area contributed by atoms with E-state index in [2.05, 4.69) is 0 Å². The number of carboxylic acid groups (broad SMARTS) is 1. The number of carbonyl (C=O) groups excluding carboxylic acids is 1. The monoisotopic (exact) mass is 296 g/mol. The van der Waals surface area contributed by atoms with E-state index < -0.39 is 5.97 Å². The molecule has 2 amide bonds. The molecule has 0 aromatic rings. The third kappa shape index (κ3) is 4.61. The van der Waals surface area contributed by atoms with Crippen molar-refractivity contribution in [2.45, 2.75) is 63.8 Å². The largest absolute Gasteiger partial charge is 0.481 e. The van der Waals surface area contributed by atoms with Crippen molar-refractivity contribution in [2.24, 2.45) is 5.92 Å². The van der Waals surface area contributed by atoms with E-state index in [1.807, 2.05) is 16.8 Å². The summed E-state index contributed by atoms with van der Waals surface area (Å²) in [6.07, 6.45) is 9.21. The number of amides is 2. The highest BCUT2D eigenvalue weighted by atomic mass is 16.4. The number of nitrogens with zero attached hydrogens (tertiary/aromatic N) is 2. The van der Waals surface area contributed by atoms with Gasteiger partial charge in [-0.05, 0) is 31.6 Å². The van der Waals surface area contributed by atoms with Crippen LogP contribution in [0.3, 0.4) is 0 Å². The van der Waals surface area contributed by atoms with Gasteiger partial charge in [0.25, 0.3) is 0 Å². The van der Waals surface area contributed by atoms with Crippen LogP contribution in [0.15, 0.2) is 0 Å². The minimum Gasteiger partial charge on any atom is -0.481 e. The fraction of sp³-hybridized carbons (Fsp3) is 0.875. The molecule has 5 nitrogen and oxygen atoms in total. The molecule has 2 fully saturated rings. The molecule has 1 saturated heterocycles. The molecule has 2 rings (SSSR count). The van der Waals surface area contributed by atoms with E-state index >= 15 is 0 Å². The summed E-state index contributed by atoms with van der Waals surface area (Å²) in [5.41, 5.74) is 0. The van der Waals surface area contributed by atoms with Crippen LogP contribution in [0.25, 0.3) is 0 Å². The first-order chi connectivity index (χ1) is 10.1. The maximum atomic E-state index is 12.6. The van der Waals surface area contributed by atoms with Crippen molar-refractivity contribution in [3.63, 3.8) is 0 Å². The molecule has 1 saturated carbocycles. The zero-order chi connectivity index (χ0) is 15.2. The maximum absolute atomic E-state index is 12.6. The van der Waals surface area contributed by atoms with Gasteiger partial charge in [0, 0.05) is 32.6 Å². The number of piperidine rings is 1. The quantitative estimate of drug-likeness (QED) is 0.815. The van der Waals surface area contributed by atoms with Gasteiger partial charge in [-0.3, -0.25) is 4.79 Å². The highest BCUT2D eigenvalue weighted by Crippen LogP contribution is 2.24. The van der Waals surface area contributed by atoms with E-state index in [1.165, 1.54) is 25.7 Å². The SMILES string of the molecule is CN(C(=O)N1CCCC(CC(=O)O)C1)C1CCCCCC1. The van der Waals surface area contributed by atoms with Gasteiger partial charge < -0.3 is 14.9 Å². The summed E-state index contributed by atoms with van der Waals surface area (Å²) in [6, 6.07) is 0.455. The molecule has 120 valence electrons. The molecule has 0 aromatic heterocycles. The predicted molar refractivity (Wildman–Crippen MR) is 81.2 cm³/mol. The lowest BCUT2D eigenvalue weighted by molar-refractivity contribution is -0.138. The average molecular weight is 296 g/mol. The van der Waals surface area contributed by atoms with Crippen LogP contribution in [-0.4, -0.2) is 53.1 Å². The molecule has 2 aliphatic rings. The molecule has 0 radical (unpaired) electrons. The first-order valence-electron chi connectivity index (χ1n) is 8.31. The van der Waals surface area contributed by atoms with Crippen LogP contribution in [0.2, 0.25) is 0 Å². The Morgan fingerprint density at radius 3 is 2.38 bits per heavy atom. The Balaban J connectivity index is 1.89. The van der Waals surface area contributed by atoms with Gasteiger partial charge in [-0.2, -0.15) is 0 Å². The lowest BCUT2D eigenvalue weighted by Gasteiger charge is -2.37. The molecule has 0 aromatic carbocycles. The molecule has 1 N–H and O–H groups in total. The fourth-order valence-corrected chi connectivity index (χ4v) is 3.68. The van der Waals surface area contributed by atoms with Crippen LogP contribution in [-0.2, 0) is 4.79 Å². The maximum Gasteiger partial charge on any atom is 0.319 e. The number of hydrogen-bond acceptors (Lipinski definition) is 2. The summed E-state index contributed by atoms with van der Waals surface area (Å²) in [4.78, 5) is 27.3. The Labute approximate surface area is 127 Å².